The molecule has 2 aromatic heterocycles. The van der Waals surface area contributed by atoms with E-state index in [1.807, 2.05) is 6.07 Å². The molecule has 15 heteroatoms. The zero-order valence-electron chi connectivity index (χ0n) is 16.2. The van der Waals surface area contributed by atoms with E-state index in [4.69, 9.17) is 30.9 Å². The van der Waals surface area contributed by atoms with Crippen LogP contribution in [0.15, 0.2) is 12.3 Å². The van der Waals surface area contributed by atoms with Crippen molar-refractivity contribution in [2.45, 2.75) is 30.5 Å². The Bertz CT molecular complexity index is 1130. The van der Waals surface area contributed by atoms with Gasteiger partial charge in [-0.1, -0.05) is 11.6 Å². The Labute approximate surface area is 184 Å². The van der Waals surface area contributed by atoms with Gasteiger partial charge in [-0.15, -0.1) is 0 Å². The number of nitriles is 1. The molecule has 2 saturated heterocycles. The number of aromatic nitrogens is 2. The predicted octanol–water partition coefficient (Wildman–Crippen LogP) is 0.788. The topological polar surface area (TPSA) is 161 Å². The van der Waals surface area contributed by atoms with Crippen molar-refractivity contribution in [2.24, 2.45) is 0 Å². The molecule has 2 aliphatic heterocycles. The number of hydrogen-bond acceptors (Lipinski definition) is 8. The molecule has 2 aliphatic rings. The monoisotopic (exact) mass is 494 g/mol. The molecule has 0 unspecified atom stereocenters. The zero-order valence-corrected chi connectivity index (χ0v) is 17.8. The molecular weight excluding hydrogens is 477 g/mol. The van der Waals surface area contributed by atoms with Gasteiger partial charge in [0.25, 0.3) is 5.92 Å². The van der Waals surface area contributed by atoms with Crippen LogP contribution < -0.4 is 4.90 Å². The SMILES string of the molecule is N#Cc1c(Cl)nc2c(ccn2[C@@H]2O[C@H](COCP(=O)(O)O)[C@@H](O)[C@H]2O)c1N1CC(F)(F)C1. The Kier molecular flexibility index (Phi) is 5.94. The second kappa shape index (κ2) is 8.16. The molecule has 4 heterocycles. The Morgan fingerprint density at radius 3 is 2.66 bits per heavy atom. The number of pyridine rings is 1. The molecule has 0 radical (unpaired) electrons. The quantitative estimate of drug-likeness (QED) is 0.333. The summed E-state index contributed by atoms with van der Waals surface area (Å²) in [5, 5.41) is 30.3. The van der Waals surface area contributed by atoms with E-state index < -0.39 is 64.1 Å². The highest BCUT2D eigenvalue weighted by Crippen LogP contribution is 2.42. The lowest BCUT2D eigenvalue weighted by atomic mass is 10.1. The van der Waals surface area contributed by atoms with Gasteiger partial charge in [0.05, 0.1) is 25.4 Å². The Balaban J connectivity index is 1.65. The number of aliphatic hydroxyl groups excluding tert-OH is 2. The minimum Gasteiger partial charge on any atom is -0.387 e. The van der Waals surface area contributed by atoms with E-state index in [1.54, 1.807) is 0 Å². The number of alkyl halides is 2. The number of nitrogens with zero attached hydrogens (tertiary/aromatic N) is 4. The summed E-state index contributed by atoms with van der Waals surface area (Å²) < 4.78 is 49.7. The number of fused-ring (bicyclic) bond motifs is 1. The van der Waals surface area contributed by atoms with Crippen LogP contribution in [0.25, 0.3) is 11.0 Å². The van der Waals surface area contributed by atoms with Crippen LogP contribution in [0.2, 0.25) is 5.15 Å². The first-order valence-corrected chi connectivity index (χ1v) is 11.5. The summed E-state index contributed by atoms with van der Waals surface area (Å²) in [6.07, 6.45) is -4.66. The maximum absolute atomic E-state index is 13.5. The molecule has 2 aromatic rings. The first-order valence-electron chi connectivity index (χ1n) is 9.29. The van der Waals surface area contributed by atoms with Gasteiger partial charge in [-0.3, -0.25) is 4.57 Å². The van der Waals surface area contributed by atoms with Gasteiger partial charge >= 0.3 is 7.60 Å². The molecule has 2 fully saturated rings. The van der Waals surface area contributed by atoms with E-state index in [0.717, 1.165) is 0 Å². The molecular formula is C17H18ClF2N4O7P. The summed E-state index contributed by atoms with van der Waals surface area (Å²) in [6.45, 7) is -1.59. The van der Waals surface area contributed by atoms with Gasteiger partial charge in [-0.2, -0.15) is 5.26 Å². The van der Waals surface area contributed by atoms with Gasteiger partial charge in [-0.05, 0) is 6.07 Å². The maximum atomic E-state index is 13.5. The fourth-order valence-corrected chi connectivity index (χ4v) is 4.37. The molecule has 4 rings (SSSR count). The van der Waals surface area contributed by atoms with Crippen molar-refractivity contribution in [3.63, 3.8) is 0 Å². The summed E-state index contributed by atoms with van der Waals surface area (Å²) >= 11 is 6.14. The molecule has 174 valence electrons. The van der Waals surface area contributed by atoms with Crippen LogP contribution >= 0.6 is 19.2 Å². The van der Waals surface area contributed by atoms with Crippen molar-refractivity contribution < 1.29 is 42.8 Å². The molecule has 0 saturated carbocycles. The largest absolute Gasteiger partial charge is 0.387 e. The lowest BCUT2D eigenvalue weighted by molar-refractivity contribution is -0.0610. The van der Waals surface area contributed by atoms with Gasteiger partial charge in [0.1, 0.15) is 41.9 Å². The number of anilines is 1. The Morgan fingerprint density at radius 2 is 2.06 bits per heavy atom. The van der Waals surface area contributed by atoms with Crippen LogP contribution in [-0.2, 0) is 14.0 Å². The second-order valence-electron chi connectivity index (χ2n) is 7.62. The average molecular weight is 495 g/mol. The summed E-state index contributed by atoms with van der Waals surface area (Å²) in [4.78, 5) is 23.2. The normalized spacial score (nSPS) is 27.5. The lowest BCUT2D eigenvalue weighted by Crippen LogP contribution is -2.56. The summed E-state index contributed by atoms with van der Waals surface area (Å²) in [5.41, 5.74) is 0.248. The van der Waals surface area contributed by atoms with Crippen LogP contribution in [0.3, 0.4) is 0 Å². The van der Waals surface area contributed by atoms with Crippen LogP contribution in [-0.4, -0.2) is 79.8 Å². The molecule has 4 N–H and O–H groups in total. The molecule has 32 heavy (non-hydrogen) atoms. The van der Waals surface area contributed by atoms with Crippen LogP contribution in [0.1, 0.15) is 11.8 Å². The highest BCUT2D eigenvalue weighted by atomic mass is 35.5. The molecule has 0 aliphatic carbocycles. The Hall–Kier alpha value is -1.88. The summed E-state index contributed by atoms with van der Waals surface area (Å²) in [5.74, 6) is -2.90. The van der Waals surface area contributed by atoms with Crippen molar-refractivity contribution in [3.05, 3.63) is 23.0 Å². The molecule has 0 spiro atoms. The van der Waals surface area contributed by atoms with E-state index in [2.05, 4.69) is 4.98 Å². The summed E-state index contributed by atoms with van der Waals surface area (Å²) in [7, 11) is -4.42. The van der Waals surface area contributed by atoms with E-state index in [1.165, 1.54) is 21.7 Å². The van der Waals surface area contributed by atoms with Crippen molar-refractivity contribution in [1.82, 2.24) is 9.55 Å². The number of ether oxygens (including phenoxy) is 2. The van der Waals surface area contributed by atoms with Crippen LogP contribution in [0, 0.1) is 11.3 Å². The third-order valence-corrected chi connectivity index (χ3v) is 6.01. The van der Waals surface area contributed by atoms with Gasteiger partial charge in [0.2, 0.25) is 0 Å². The van der Waals surface area contributed by atoms with Crippen LogP contribution in [0.5, 0.6) is 0 Å². The standard InChI is InChI=1S/C17H18ClF2N4O7P/c18-14-9(3-21)11(23-5-17(19,20)6-23)8-1-2-24(15(8)22-14)16-13(26)12(25)10(31-16)4-30-7-32(27,28)29/h1-2,10,12-13,16,25-26H,4-7H2,(H2,27,28,29)/t10-,12-,13-,16-/m1/s1. The van der Waals surface area contributed by atoms with Gasteiger partial charge < -0.3 is 38.9 Å². The minimum atomic E-state index is -4.42. The lowest BCUT2D eigenvalue weighted by Gasteiger charge is -2.41. The highest BCUT2D eigenvalue weighted by molar-refractivity contribution is 7.51. The first kappa shape index (κ1) is 23.3. The summed E-state index contributed by atoms with van der Waals surface area (Å²) in [6, 6.07) is 3.38. The molecule has 0 aromatic carbocycles. The third kappa shape index (κ3) is 4.21. The first-order chi connectivity index (χ1) is 14.9. The van der Waals surface area contributed by atoms with Crippen molar-refractivity contribution in [2.75, 3.05) is 30.9 Å². The molecule has 0 amide bonds. The average Bonchev–Trinajstić information content (AvgIpc) is 3.19. The maximum Gasteiger partial charge on any atom is 0.350 e. The van der Waals surface area contributed by atoms with Crippen molar-refractivity contribution in [3.8, 4) is 6.07 Å². The molecule has 4 atom stereocenters. The number of aliphatic hydroxyl groups is 2. The number of hydrogen-bond donors (Lipinski definition) is 4. The van der Waals surface area contributed by atoms with E-state index in [-0.39, 0.29) is 22.1 Å². The van der Waals surface area contributed by atoms with E-state index >= 15 is 0 Å². The smallest absolute Gasteiger partial charge is 0.350 e. The zero-order chi connectivity index (χ0) is 23.4. The van der Waals surface area contributed by atoms with Crippen molar-refractivity contribution in [1.29, 1.82) is 5.26 Å². The molecule has 11 nitrogen and oxygen atoms in total. The van der Waals surface area contributed by atoms with Crippen LogP contribution in [0.4, 0.5) is 14.5 Å². The second-order valence-corrected chi connectivity index (χ2v) is 9.57. The van der Waals surface area contributed by atoms with Gasteiger partial charge in [0.15, 0.2) is 11.4 Å². The number of halogens is 3. The fourth-order valence-electron chi connectivity index (χ4n) is 3.81. The molecule has 0 bridgehead atoms. The van der Waals surface area contributed by atoms with E-state index in [0.29, 0.717) is 5.39 Å². The Morgan fingerprint density at radius 1 is 1.38 bits per heavy atom. The number of rotatable bonds is 6. The van der Waals surface area contributed by atoms with Gasteiger partial charge in [0, 0.05) is 11.6 Å². The minimum absolute atomic E-state index is 0.0657. The third-order valence-electron chi connectivity index (χ3n) is 5.21. The van der Waals surface area contributed by atoms with Crippen molar-refractivity contribution >= 4 is 35.9 Å². The highest BCUT2D eigenvalue weighted by Gasteiger charge is 2.47. The van der Waals surface area contributed by atoms with E-state index in [9.17, 15) is 28.8 Å². The fraction of sp³-hybridized carbons (Fsp3) is 0.529. The van der Waals surface area contributed by atoms with Gasteiger partial charge in [-0.25, -0.2) is 13.8 Å². The predicted molar refractivity (Wildman–Crippen MR) is 105 cm³/mol.